The van der Waals surface area contributed by atoms with Crippen molar-refractivity contribution in [2.24, 2.45) is 0 Å². The van der Waals surface area contributed by atoms with Crippen molar-refractivity contribution < 1.29 is 4.42 Å². The Morgan fingerprint density at radius 3 is 2.90 bits per heavy atom. The third-order valence-electron chi connectivity index (χ3n) is 3.50. The van der Waals surface area contributed by atoms with Gasteiger partial charge in [-0.05, 0) is 58.0 Å². The summed E-state index contributed by atoms with van der Waals surface area (Å²) in [7, 11) is 0. The number of pyridine rings is 1. The predicted molar refractivity (Wildman–Crippen MR) is 88.3 cm³/mol. The van der Waals surface area contributed by atoms with E-state index in [1.807, 2.05) is 24.5 Å². The van der Waals surface area contributed by atoms with E-state index in [9.17, 15) is 0 Å². The maximum Gasteiger partial charge on any atom is 0.169 e. The zero-order chi connectivity index (χ0) is 14.7. The predicted octanol–water partition coefficient (Wildman–Crippen LogP) is 4.68. The van der Waals surface area contributed by atoms with Gasteiger partial charge in [-0.25, -0.2) is 0 Å². The Labute approximate surface area is 132 Å². The Morgan fingerprint density at radius 1 is 1.24 bits per heavy atom. The van der Waals surface area contributed by atoms with Crippen LogP contribution < -0.4 is 5.32 Å². The molecule has 0 aliphatic rings. The number of fused-ring (bicyclic) bond motifs is 1. The van der Waals surface area contributed by atoms with Crippen LogP contribution in [0.15, 0.2) is 57.9 Å². The minimum Gasteiger partial charge on any atom is -0.452 e. The van der Waals surface area contributed by atoms with Gasteiger partial charge in [0.05, 0.1) is 6.04 Å². The molecule has 0 saturated carbocycles. The van der Waals surface area contributed by atoms with E-state index in [1.54, 1.807) is 0 Å². The third kappa shape index (κ3) is 3.01. The van der Waals surface area contributed by atoms with Gasteiger partial charge in [0.25, 0.3) is 0 Å². The van der Waals surface area contributed by atoms with E-state index in [4.69, 9.17) is 4.42 Å². The molecule has 1 unspecified atom stereocenters. The van der Waals surface area contributed by atoms with Gasteiger partial charge in [0, 0.05) is 17.8 Å². The molecular weight excluding hydrogens is 328 g/mol. The zero-order valence-corrected chi connectivity index (χ0v) is 13.4. The highest BCUT2D eigenvalue weighted by Gasteiger charge is 2.19. The molecule has 0 bridgehead atoms. The first kappa shape index (κ1) is 14.3. The second-order valence-corrected chi connectivity index (χ2v) is 5.75. The van der Waals surface area contributed by atoms with Gasteiger partial charge in [0.2, 0.25) is 0 Å². The molecule has 0 amide bonds. The molecule has 108 valence electrons. The molecule has 3 aromatic rings. The average Bonchev–Trinajstić information content (AvgIpc) is 2.94. The van der Waals surface area contributed by atoms with E-state index >= 15 is 0 Å². The van der Waals surface area contributed by atoms with E-state index in [-0.39, 0.29) is 6.04 Å². The van der Waals surface area contributed by atoms with Crippen molar-refractivity contribution in [3.05, 3.63) is 64.8 Å². The first-order valence-corrected chi connectivity index (χ1v) is 7.90. The third-order valence-corrected chi connectivity index (χ3v) is 3.93. The maximum absolute atomic E-state index is 5.78. The van der Waals surface area contributed by atoms with Crippen molar-refractivity contribution >= 4 is 26.7 Å². The van der Waals surface area contributed by atoms with Crippen LogP contribution in [-0.4, -0.2) is 11.5 Å². The van der Waals surface area contributed by atoms with Crippen molar-refractivity contribution in [1.29, 1.82) is 0 Å². The van der Waals surface area contributed by atoms with Crippen LogP contribution >= 0.6 is 15.9 Å². The standard InChI is InChI=1S/C17H17BrN2O/c1-2-9-20-17(15-6-7-16(18)21-15)14-5-3-4-12-11-19-10-8-13(12)14/h3-8,10-11,17,20H,2,9H2,1H3. The van der Waals surface area contributed by atoms with Crippen LogP contribution in [-0.2, 0) is 0 Å². The number of halogens is 1. The van der Waals surface area contributed by atoms with E-state index in [0.29, 0.717) is 0 Å². The Kier molecular flexibility index (Phi) is 4.36. The number of nitrogens with one attached hydrogen (secondary N) is 1. The number of rotatable bonds is 5. The van der Waals surface area contributed by atoms with Crippen molar-refractivity contribution in [1.82, 2.24) is 10.3 Å². The Morgan fingerprint density at radius 2 is 2.14 bits per heavy atom. The van der Waals surface area contributed by atoms with E-state index in [2.05, 4.69) is 57.4 Å². The van der Waals surface area contributed by atoms with Gasteiger partial charge < -0.3 is 9.73 Å². The van der Waals surface area contributed by atoms with Crippen LogP contribution in [0.25, 0.3) is 10.8 Å². The SMILES string of the molecule is CCCNC(c1ccc(Br)o1)c1cccc2cnccc12. The molecule has 21 heavy (non-hydrogen) atoms. The second kappa shape index (κ2) is 6.41. The molecule has 0 radical (unpaired) electrons. The largest absolute Gasteiger partial charge is 0.452 e. The summed E-state index contributed by atoms with van der Waals surface area (Å²) in [5, 5.41) is 5.92. The normalized spacial score (nSPS) is 12.7. The molecule has 1 atom stereocenters. The molecule has 3 rings (SSSR count). The van der Waals surface area contributed by atoms with Gasteiger partial charge in [-0.15, -0.1) is 0 Å². The fraction of sp³-hybridized carbons (Fsp3) is 0.235. The second-order valence-electron chi connectivity index (χ2n) is 4.97. The summed E-state index contributed by atoms with van der Waals surface area (Å²) in [5.74, 6) is 0.916. The Bertz CT molecular complexity index is 733. The number of aromatic nitrogens is 1. The number of furan rings is 1. The molecule has 0 fully saturated rings. The molecule has 2 heterocycles. The lowest BCUT2D eigenvalue weighted by molar-refractivity contribution is 0.434. The van der Waals surface area contributed by atoms with Gasteiger partial charge in [0.1, 0.15) is 5.76 Å². The summed E-state index contributed by atoms with van der Waals surface area (Å²) >= 11 is 3.39. The summed E-state index contributed by atoms with van der Waals surface area (Å²) < 4.78 is 6.54. The van der Waals surface area contributed by atoms with Gasteiger partial charge in [-0.3, -0.25) is 4.98 Å². The topological polar surface area (TPSA) is 38.1 Å². The van der Waals surface area contributed by atoms with Gasteiger partial charge >= 0.3 is 0 Å². The molecule has 4 heteroatoms. The summed E-state index contributed by atoms with van der Waals surface area (Å²) in [6.45, 7) is 3.10. The van der Waals surface area contributed by atoms with E-state index < -0.39 is 0 Å². The number of benzene rings is 1. The number of hydrogen-bond donors (Lipinski definition) is 1. The molecule has 1 aromatic carbocycles. The van der Waals surface area contributed by atoms with Crippen molar-refractivity contribution in [2.45, 2.75) is 19.4 Å². The van der Waals surface area contributed by atoms with Crippen LogP contribution in [0.2, 0.25) is 0 Å². The number of hydrogen-bond acceptors (Lipinski definition) is 3. The van der Waals surface area contributed by atoms with E-state index in [1.165, 1.54) is 10.9 Å². The fourth-order valence-electron chi connectivity index (χ4n) is 2.54. The highest BCUT2D eigenvalue weighted by atomic mass is 79.9. The summed E-state index contributed by atoms with van der Waals surface area (Å²) in [6, 6.07) is 12.3. The highest BCUT2D eigenvalue weighted by molar-refractivity contribution is 9.10. The first-order valence-electron chi connectivity index (χ1n) is 7.11. The van der Waals surface area contributed by atoms with Crippen LogP contribution in [0.1, 0.15) is 30.7 Å². The van der Waals surface area contributed by atoms with Gasteiger partial charge in [0.15, 0.2) is 4.67 Å². The minimum absolute atomic E-state index is 0.0438. The summed E-state index contributed by atoms with van der Waals surface area (Å²) in [6.07, 6.45) is 4.80. The molecule has 2 aromatic heterocycles. The molecule has 0 spiro atoms. The molecule has 0 aliphatic carbocycles. The lowest BCUT2D eigenvalue weighted by Gasteiger charge is -2.18. The Hall–Kier alpha value is -1.65. The Balaban J connectivity index is 2.09. The monoisotopic (exact) mass is 344 g/mol. The van der Waals surface area contributed by atoms with Crippen molar-refractivity contribution in [3.8, 4) is 0 Å². The van der Waals surface area contributed by atoms with Crippen LogP contribution in [0.3, 0.4) is 0 Å². The molecule has 0 aliphatic heterocycles. The molecule has 0 saturated heterocycles. The quantitative estimate of drug-likeness (QED) is 0.730. The van der Waals surface area contributed by atoms with Crippen molar-refractivity contribution in [2.75, 3.05) is 6.54 Å². The fourth-order valence-corrected chi connectivity index (χ4v) is 2.85. The number of nitrogens with zero attached hydrogens (tertiary/aromatic N) is 1. The first-order chi connectivity index (χ1) is 10.3. The minimum atomic E-state index is 0.0438. The summed E-state index contributed by atoms with van der Waals surface area (Å²) in [4.78, 5) is 4.20. The highest BCUT2D eigenvalue weighted by Crippen LogP contribution is 2.30. The lowest BCUT2D eigenvalue weighted by atomic mass is 9.98. The van der Waals surface area contributed by atoms with Crippen LogP contribution in [0.4, 0.5) is 0 Å². The summed E-state index contributed by atoms with van der Waals surface area (Å²) in [5.41, 5.74) is 1.21. The van der Waals surface area contributed by atoms with Crippen molar-refractivity contribution in [3.63, 3.8) is 0 Å². The molecular formula is C17H17BrN2O. The molecule has 1 N–H and O–H groups in total. The van der Waals surface area contributed by atoms with Crippen LogP contribution in [0, 0.1) is 0 Å². The van der Waals surface area contributed by atoms with Crippen LogP contribution in [0.5, 0.6) is 0 Å². The maximum atomic E-state index is 5.78. The smallest absolute Gasteiger partial charge is 0.169 e. The zero-order valence-electron chi connectivity index (χ0n) is 11.8. The van der Waals surface area contributed by atoms with E-state index in [0.717, 1.165) is 28.8 Å². The lowest BCUT2D eigenvalue weighted by Crippen LogP contribution is -2.23. The molecule has 3 nitrogen and oxygen atoms in total. The van der Waals surface area contributed by atoms with Gasteiger partial charge in [-0.1, -0.05) is 25.1 Å². The average molecular weight is 345 g/mol. The van der Waals surface area contributed by atoms with Gasteiger partial charge in [-0.2, -0.15) is 0 Å².